The summed E-state index contributed by atoms with van der Waals surface area (Å²) in [4.78, 5) is 15.3. The van der Waals surface area contributed by atoms with E-state index in [1.165, 1.54) is 0 Å². The molecule has 2 N–H and O–H groups in total. The number of aliphatic hydroxyl groups excluding tert-OH is 1. The molecule has 0 radical (unpaired) electrons. The van der Waals surface area contributed by atoms with E-state index in [0.29, 0.717) is 5.52 Å². The number of alkyl halides is 3. The zero-order chi connectivity index (χ0) is 18.1. The van der Waals surface area contributed by atoms with Gasteiger partial charge in [-0.15, -0.1) is 11.3 Å². The summed E-state index contributed by atoms with van der Waals surface area (Å²) >= 11 is 1.11. The van der Waals surface area contributed by atoms with Crippen molar-refractivity contribution >= 4 is 33.0 Å². The zero-order valence-corrected chi connectivity index (χ0v) is 13.4. The Morgan fingerprint density at radius 2 is 1.96 bits per heavy atom. The van der Waals surface area contributed by atoms with E-state index in [9.17, 15) is 28.3 Å². The summed E-state index contributed by atoms with van der Waals surface area (Å²) in [6.45, 7) is 2.33. The van der Waals surface area contributed by atoms with Gasteiger partial charge in [-0.2, -0.15) is 18.4 Å². The van der Waals surface area contributed by atoms with Gasteiger partial charge in [-0.25, -0.2) is 4.98 Å². The van der Waals surface area contributed by atoms with Crippen LogP contribution in [0.5, 0.6) is 0 Å². The number of aliphatic hydroxyl groups is 1. The number of halogens is 3. The van der Waals surface area contributed by atoms with Crippen molar-refractivity contribution in [1.29, 1.82) is 5.26 Å². The molecule has 0 atom stereocenters. The van der Waals surface area contributed by atoms with Gasteiger partial charge in [0.2, 0.25) is 0 Å². The first-order valence-corrected chi connectivity index (χ1v) is 7.47. The van der Waals surface area contributed by atoms with Crippen LogP contribution in [0.3, 0.4) is 0 Å². The second-order valence-corrected chi connectivity index (χ2v) is 6.43. The minimum atomic E-state index is -5.10. The molecule has 1 aromatic carbocycles. The highest BCUT2D eigenvalue weighted by Gasteiger charge is 2.43. The number of hydrogen-bond donors (Lipinski definition) is 2. The minimum absolute atomic E-state index is 0.158. The Labute approximate surface area is 139 Å². The van der Waals surface area contributed by atoms with Gasteiger partial charge in [0, 0.05) is 0 Å². The number of nitrogens with zero attached hydrogens (tertiary/aromatic N) is 2. The molecule has 0 fully saturated rings. The first-order chi connectivity index (χ1) is 11.1. The van der Waals surface area contributed by atoms with Crippen LogP contribution in [-0.4, -0.2) is 27.7 Å². The van der Waals surface area contributed by atoms with Crippen molar-refractivity contribution in [3.63, 3.8) is 0 Å². The number of hydrogen-bond acceptors (Lipinski definition) is 5. The number of nitrogens with one attached hydrogen (secondary N) is 1. The number of fused-ring (bicyclic) bond motifs is 1. The topological polar surface area (TPSA) is 86.0 Å². The van der Waals surface area contributed by atoms with Gasteiger partial charge in [-0.1, -0.05) is 12.1 Å². The molecule has 0 unspecified atom stereocenters. The molecule has 0 saturated carbocycles. The van der Waals surface area contributed by atoms with Crippen molar-refractivity contribution in [2.24, 2.45) is 0 Å². The number of carbonyl (C=O) groups excluding carboxylic acids is 1. The fourth-order valence-corrected chi connectivity index (χ4v) is 2.87. The van der Waals surface area contributed by atoms with E-state index in [0.717, 1.165) is 29.9 Å². The molecule has 9 heteroatoms. The van der Waals surface area contributed by atoms with E-state index in [4.69, 9.17) is 0 Å². The average molecular weight is 355 g/mol. The lowest BCUT2D eigenvalue weighted by Crippen LogP contribution is -2.50. The molecule has 0 saturated heterocycles. The van der Waals surface area contributed by atoms with Crippen LogP contribution in [-0.2, 0) is 4.79 Å². The molecule has 0 aliphatic rings. The maximum Gasteiger partial charge on any atom is 0.471 e. The van der Waals surface area contributed by atoms with E-state index in [1.807, 2.05) is 0 Å². The summed E-state index contributed by atoms with van der Waals surface area (Å²) < 4.78 is 38.0. The predicted molar refractivity (Wildman–Crippen MR) is 83.1 cm³/mol. The number of benzene rings is 1. The molecule has 1 aromatic heterocycles. The first-order valence-electron chi connectivity index (χ1n) is 6.65. The smallest absolute Gasteiger partial charge is 0.471 e. The molecule has 1 amide bonds. The molecule has 0 aliphatic heterocycles. The Morgan fingerprint density at radius 3 is 2.50 bits per heavy atom. The number of para-hydroxylation sites is 1. The highest BCUT2D eigenvalue weighted by Crippen LogP contribution is 2.31. The molecular weight excluding hydrogens is 343 g/mol. The van der Waals surface area contributed by atoms with E-state index in [2.05, 4.69) is 4.98 Å². The first kappa shape index (κ1) is 17.7. The van der Waals surface area contributed by atoms with Crippen molar-refractivity contribution in [3.05, 3.63) is 35.0 Å². The number of aromatic nitrogens is 1. The van der Waals surface area contributed by atoms with Crippen LogP contribution >= 0.6 is 11.3 Å². The molecule has 1 heterocycles. The zero-order valence-electron chi connectivity index (χ0n) is 12.6. The quantitative estimate of drug-likeness (QED) is 0.651. The van der Waals surface area contributed by atoms with Crippen LogP contribution in [0.1, 0.15) is 18.9 Å². The monoisotopic (exact) mass is 355 g/mol. The van der Waals surface area contributed by atoms with Crippen molar-refractivity contribution in [3.8, 4) is 6.07 Å². The van der Waals surface area contributed by atoms with E-state index in [1.54, 1.807) is 35.7 Å². The third-order valence-electron chi connectivity index (χ3n) is 3.13. The van der Waals surface area contributed by atoms with E-state index >= 15 is 0 Å². The van der Waals surface area contributed by atoms with E-state index < -0.39 is 23.4 Å². The fraction of sp³-hybridized carbons (Fsp3) is 0.267. The number of nitriles is 1. The molecule has 0 spiro atoms. The largest absolute Gasteiger partial charge is 0.508 e. The van der Waals surface area contributed by atoms with Gasteiger partial charge < -0.3 is 10.4 Å². The third-order valence-corrected chi connectivity index (χ3v) is 4.19. The second-order valence-electron chi connectivity index (χ2n) is 5.40. The van der Waals surface area contributed by atoms with Crippen molar-refractivity contribution in [2.45, 2.75) is 25.6 Å². The van der Waals surface area contributed by atoms with Gasteiger partial charge in [0.25, 0.3) is 0 Å². The molecule has 0 aliphatic carbocycles. The Morgan fingerprint density at radius 1 is 1.33 bits per heavy atom. The normalized spacial score (nSPS) is 13.3. The van der Waals surface area contributed by atoms with Crippen LogP contribution in [0, 0.1) is 11.3 Å². The molecule has 126 valence electrons. The molecule has 2 aromatic rings. The maximum atomic E-state index is 12.4. The van der Waals surface area contributed by atoms with Crippen LogP contribution in [0.15, 0.2) is 30.0 Å². The van der Waals surface area contributed by atoms with Crippen molar-refractivity contribution in [2.75, 3.05) is 0 Å². The number of carbonyl (C=O) groups is 1. The van der Waals surface area contributed by atoms with Gasteiger partial charge >= 0.3 is 12.1 Å². The average Bonchev–Trinajstić information content (AvgIpc) is 2.89. The highest BCUT2D eigenvalue weighted by molar-refractivity contribution is 7.19. The van der Waals surface area contributed by atoms with Gasteiger partial charge in [0.05, 0.1) is 15.8 Å². The Kier molecular flexibility index (Phi) is 4.53. The minimum Gasteiger partial charge on any atom is -0.508 e. The second kappa shape index (κ2) is 6.13. The SMILES string of the molecule is CC(C)(NC(=O)C(F)(F)F)/C(O)=C(\C#N)c1nc2ccccc2s1. The van der Waals surface area contributed by atoms with Crippen LogP contribution in [0.4, 0.5) is 13.2 Å². The molecule has 2 rings (SSSR count). The predicted octanol–water partition coefficient (Wildman–Crippen LogP) is 3.55. The third kappa shape index (κ3) is 3.49. The summed E-state index contributed by atoms with van der Waals surface area (Å²) in [6, 6.07) is 8.73. The Bertz CT molecular complexity index is 830. The standard InChI is InChI=1S/C15H12F3N3O2S/c1-14(2,21-13(23)15(16,17)18)11(22)8(7-19)12-20-9-5-3-4-6-10(9)24-12/h3-6,22H,1-2H3,(H,21,23)/b11-8-. The summed E-state index contributed by atoms with van der Waals surface area (Å²) in [7, 11) is 0. The molecule has 24 heavy (non-hydrogen) atoms. The van der Waals surface area contributed by atoms with Crippen molar-refractivity contribution in [1.82, 2.24) is 10.3 Å². The highest BCUT2D eigenvalue weighted by atomic mass is 32.1. The number of rotatable bonds is 3. The Hall–Kier alpha value is -2.60. The van der Waals surface area contributed by atoms with Gasteiger partial charge in [-0.05, 0) is 26.0 Å². The fourth-order valence-electron chi connectivity index (χ4n) is 1.91. The van der Waals surface area contributed by atoms with Gasteiger partial charge in [0.1, 0.15) is 22.4 Å². The van der Waals surface area contributed by atoms with Crippen LogP contribution in [0.2, 0.25) is 0 Å². The maximum absolute atomic E-state index is 12.4. The van der Waals surface area contributed by atoms with Crippen LogP contribution in [0.25, 0.3) is 15.8 Å². The molecule has 0 bridgehead atoms. The molecular formula is C15H12F3N3O2S. The summed E-state index contributed by atoms with van der Waals surface area (Å²) in [5.74, 6) is -2.90. The lowest BCUT2D eigenvalue weighted by molar-refractivity contribution is -0.175. The van der Waals surface area contributed by atoms with Crippen LogP contribution < -0.4 is 5.32 Å². The lowest BCUT2D eigenvalue weighted by Gasteiger charge is -2.26. The lowest BCUT2D eigenvalue weighted by atomic mass is 9.98. The number of thiazole rings is 1. The summed E-state index contributed by atoms with van der Waals surface area (Å²) in [5, 5.41) is 21.4. The molecule has 5 nitrogen and oxygen atoms in total. The van der Waals surface area contributed by atoms with E-state index in [-0.39, 0.29) is 10.6 Å². The summed E-state index contributed by atoms with van der Waals surface area (Å²) in [6.07, 6.45) is -5.10. The number of allylic oxidation sites excluding steroid dienone is 1. The van der Waals surface area contributed by atoms with Gasteiger partial charge in [-0.3, -0.25) is 4.79 Å². The number of amides is 1. The summed E-state index contributed by atoms with van der Waals surface area (Å²) in [5.41, 5.74) is -1.49. The van der Waals surface area contributed by atoms with Gasteiger partial charge in [0.15, 0.2) is 0 Å². The van der Waals surface area contributed by atoms with Crippen molar-refractivity contribution < 1.29 is 23.1 Å². The Balaban J connectivity index is 2.45.